The average molecular weight is 225 g/mol. The highest BCUT2D eigenvalue weighted by molar-refractivity contribution is 6.33. The maximum atomic E-state index is 11.6. The zero-order valence-corrected chi connectivity index (χ0v) is 9.38. The fourth-order valence-corrected chi connectivity index (χ4v) is 1.77. The van der Waals surface area contributed by atoms with Crippen molar-refractivity contribution in [1.82, 2.24) is 0 Å². The molecular weight excluding hydrogens is 212 g/mol. The van der Waals surface area contributed by atoms with Crippen LogP contribution in [0.15, 0.2) is 18.2 Å². The molecule has 0 spiro atoms. The van der Waals surface area contributed by atoms with E-state index >= 15 is 0 Å². The van der Waals surface area contributed by atoms with Crippen molar-refractivity contribution in [2.45, 2.75) is 25.7 Å². The third-order valence-electron chi connectivity index (χ3n) is 2.53. The van der Waals surface area contributed by atoms with Crippen LogP contribution in [0.4, 0.5) is 0 Å². The molecule has 0 atom stereocenters. The van der Waals surface area contributed by atoms with E-state index in [2.05, 4.69) is 0 Å². The SMILES string of the molecule is CCOC(=O)c1cc(C2CC2)ccc1Cl. The maximum Gasteiger partial charge on any atom is 0.339 e. The van der Waals surface area contributed by atoms with Gasteiger partial charge in [0, 0.05) is 0 Å². The summed E-state index contributed by atoms with van der Waals surface area (Å²) < 4.78 is 4.94. The van der Waals surface area contributed by atoms with Gasteiger partial charge in [0.2, 0.25) is 0 Å². The van der Waals surface area contributed by atoms with Crippen LogP contribution in [0, 0.1) is 0 Å². The van der Waals surface area contributed by atoms with Crippen LogP contribution in [0.2, 0.25) is 5.02 Å². The highest BCUT2D eigenvalue weighted by Crippen LogP contribution is 2.41. The molecule has 0 saturated heterocycles. The zero-order chi connectivity index (χ0) is 10.8. The molecule has 15 heavy (non-hydrogen) atoms. The molecule has 0 aromatic heterocycles. The third-order valence-corrected chi connectivity index (χ3v) is 2.86. The van der Waals surface area contributed by atoms with Crippen molar-refractivity contribution in [2.75, 3.05) is 6.61 Å². The van der Waals surface area contributed by atoms with E-state index in [9.17, 15) is 4.79 Å². The van der Waals surface area contributed by atoms with Crippen molar-refractivity contribution >= 4 is 17.6 Å². The Morgan fingerprint density at radius 1 is 1.53 bits per heavy atom. The van der Waals surface area contributed by atoms with Gasteiger partial charge in [-0.2, -0.15) is 0 Å². The van der Waals surface area contributed by atoms with Crippen LogP contribution in [0.5, 0.6) is 0 Å². The van der Waals surface area contributed by atoms with Crippen LogP contribution in [0.1, 0.15) is 41.6 Å². The number of halogens is 1. The van der Waals surface area contributed by atoms with E-state index in [1.807, 2.05) is 12.1 Å². The molecule has 1 fully saturated rings. The predicted molar refractivity (Wildman–Crippen MR) is 59.4 cm³/mol. The van der Waals surface area contributed by atoms with Crippen molar-refractivity contribution < 1.29 is 9.53 Å². The van der Waals surface area contributed by atoms with Crippen LogP contribution in [-0.4, -0.2) is 12.6 Å². The Labute approximate surface area is 94.2 Å². The summed E-state index contributed by atoms with van der Waals surface area (Å²) in [5.41, 5.74) is 1.69. The fourth-order valence-electron chi connectivity index (χ4n) is 1.58. The summed E-state index contributed by atoms with van der Waals surface area (Å²) in [5.74, 6) is 0.292. The molecule has 3 heteroatoms. The molecule has 2 nitrogen and oxygen atoms in total. The van der Waals surface area contributed by atoms with E-state index in [1.165, 1.54) is 18.4 Å². The Morgan fingerprint density at radius 2 is 2.27 bits per heavy atom. The van der Waals surface area contributed by atoms with Gasteiger partial charge in [0.15, 0.2) is 0 Å². The number of rotatable bonds is 3. The van der Waals surface area contributed by atoms with Gasteiger partial charge < -0.3 is 4.74 Å². The van der Waals surface area contributed by atoms with Gasteiger partial charge in [0.05, 0.1) is 17.2 Å². The first-order chi connectivity index (χ1) is 7.22. The lowest BCUT2D eigenvalue weighted by atomic mass is 10.1. The Morgan fingerprint density at radius 3 is 2.87 bits per heavy atom. The van der Waals surface area contributed by atoms with E-state index in [1.54, 1.807) is 13.0 Å². The van der Waals surface area contributed by atoms with Gasteiger partial charge in [-0.3, -0.25) is 0 Å². The predicted octanol–water partition coefficient (Wildman–Crippen LogP) is 3.39. The fraction of sp³-hybridized carbons (Fsp3) is 0.417. The lowest BCUT2D eigenvalue weighted by Crippen LogP contribution is -2.05. The molecule has 0 bridgehead atoms. The van der Waals surface area contributed by atoms with Crippen LogP contribution in [0.25, 0.3) is 0 Å². The topological polar surface area (TPSA) is 26.3 Å². The quantitative estimate of drug-likeness (QED) is 0.736. The Bertz CT molecular complexity index is 383. The largest absolute Gasteiger partial charge is 0.462 e. The van der Waals surface area contributed by atoms with E-state index in [0.29, 0.717) is 23.1 Å². The van der Waals surface area contributed by atoms with Gasteiger partial charge in [-0.25, -0.2) is 4.79 Å². The lowest BCUT2D eigenvalue weighted by molar-refractivity contribution is 0.0526. The van der Waals surface area contributed by atoms with Gasteiger partial charge in [0.1, 0.15) is 0 Å². The first-order valence-corrected chi connectivity index (χ1v) is 5.56. The van der Waals surface area contributed by atoms with Gasteiger partial charge in [0.25, 0.3) is 0 Å². The molecule has 0 amide bonds. The standard InChI is InChI=1S/C12H13ClO2/c1-2-15-12(14)10-7-9(8-3-4-8)5-6-11(10)13/h5-8H,2-4H2,1H3. The first kappa shape index (κ1) is 10.5. The second-order valence-corrected chi connectivity index (χ2v) is 4.14. The summed E-state index contributed by atoms with van der Waals surface area (Å²) in [7, 11) is 0. The molecule has 0 N–H and O–H groups in total. The molecule has 1 aliphatic carbocycles. The highest BCUT2D eigenvalue weighted by atomic mass is 35.5. The normalized spacial score (nSPS) is 15.1. The maximum absolute atomic E-state index is 11.6. The molecule has 0 unspecified atom stereocenters. The molecule has 0 heterocycles. The molecule has 1 aromatic rings. The Hall–Kier alpha value is -1.02. The number of benzene rings is 1. The van der Waals surface area contributed by atoms with Crippen LogP contribution in [-0.2, 0) is 4.74 Å². The molecule has 2 rings (SSSR count). The van der Waals surface area contributed by atoms with E-state index < -0.39 is 0 Å². The first-order valence-electron chi connectivity index (χ1n) is 5.19. The van der Waals surface area contributed by atoms with Crippen molar-refractivity contribution in [3.05, 3.63) is 34.3 Å². The van der Waals surface area contributed by atoms with Crippen LogP contribution >= 0.6 is 11.6 Å². The molecule has 80 valence electrons. The van der Waals surface area contributed by atoms with Crippen LogP contribution in [0.3, 0.4) is 0 Å². The minimum atomic E-state index is -0.329. The number of ether oxygens (including phenoxy) is 1. The molecule has 1 aromatic carbocycles. The van der Waals surface area contributed by atoms with Crippen molar-refractivity contribution in [3.8, 4) is 0 Å². The monoisotopic (exact) mass is 224 g/mol. The van der Waals surface area contributed by atoms with Gasteiger partial charge in [-0.05, 0) is 43.4 Å². The average Bonchev–Trinajstić information content (AvgIpc) is 3.02. The van der Waals surface area contributed by atoms with Crippen LogP contribution < -0.4 is 0 Å². The molecule has 1 aliphatic rings. The molecular formula is C12H13ClO2. The smallest absolute Gasteiger partial charge is 0.339 e. The van der Waals surface area contributed by atoms with Gasteiger partial charge in [-0.15, -0.1) is 0 Å². The lowest BCUT2D eigenvalue weighted by Gasteiger charge is -2.06. The number of hydrogen-bond donors (Lipinski definition) is 0. The Balaban J connectivity index is 2.27. The summed E-state index contributed by atoms with van der Waals surface area (Å²) in [6.45, 7) is 2.17. The summed E-state index contributed by atoms with van der Waals surface area (Å²) >= 11 is 5.95. The molecule has 0 aliphatic heterocycles. The Kier molecular flexibility index (Phi) is 2.96. The molecule has 1 saturated carbocycles. The highest BCUT2D eigenvalue weighted by Gasteiger charge is 2.25. The van der Waals surface area contributed by atoms with Gasteiger partial charge in [-0.1, -0.05) is 17.7 Å². The third kappa shape index (κ3) is 2.32. The minimum Gasteiger partial charge on any atom is -0.462 e. The summed E-state index contributed by atoms with van der Waals surface area (Å²) in [5, 5.41) is 0.470. The minimum absolute atomic E-state index is 0.329. The number of carbonyl (C=O) groups excluding carboxylic acids is 1. The summed E-state index contributed by atoms with van der Waals surface area (Å²) in [6, 6.07) is 5.63. The number of carbonyl (C=O) groups is 1. The second kappa shape index (κ2) is 4.23. The van der Waals surface area contributed by atoms with Crippen molar-refractivity contribution in [3.63, 3.8) is 0 Å². The number of hydrogen-bond acceptors (Lipinski definition) is 2. The number of esters is 1. The van der Waals surface area contributed by atoms with E-state index in [0.717, 1.165) is 0 Å². The van der Waals surface area contributed by atoms with E-state index in [4.69, 9.17) is 16.3 Å². The molecule has 0 radical (unpaired) electrons. The van der Waals surface area contributed by atoms with Crippen molar-refractivity contribution in [1.29, 1.82) is 0 Å². The second-order valence-electron chi connectivity index (χ2n) is 3.73. The van der Waals surface area contributed by atoms with E-state index in [-0.39, 0.29) is 5.97 Å². The summed E-state index contributed by atoms with van der Waals surface area (Å²) in [6.07, 6.45) is 2.42. The van der Waals surface area contributed by atoms with Crippen molar-refractivity contribution in [2.24, 2.45) is 0 Å². The zero-order valence-electron chi connectivity index (χ0n) is 8.63. The van der Waals surface area contributed by atoms with Gasteiger partial charge >= 0.3 is 5.97 Å². The summed E-state index contributed by atoms with van der Waals surface area (Å²) in [4.78, 5) is 11.6.